The molecule has 3 unspecified atom stereocenters. The van der Waals surface area contributed by atoms with E-state index < -0.39 is 0 Å². The van der Waals surface area contributed by atoms with E-state index >= 15 is 0 Å². The highest BCUT2D eigenvalue weighted by atomic mass is 15.2. The van der Waals surface area contributed by atoms with Crippen molar-refractivity contribution in [2.45, 2.75) is 52.2 Å². The van der Waals surface area contributed by atoms with Crippen molar-refractivity contribution in [3.63, 3.8) is 0 Å². The van der Waals surface area contributed by atoms with Gasteiger partial charge in [-0.3, -0.25) is 4.90 Å². The summed E-state index contributed by atoms with van der Waals surface area (Å²) in [5.74, 6) is 0.760. The van der Waals surface area contributed by atoms with Gasteiger partial charge in [0.25, 0.3) is 0 Å². The Labute approximate surface area is 118 Å². The molecule has 2 rings (SSSR count). The number of piperazine rings is 1. The zero-order chi connectivity index (χ0) is 13.7. The van der Waals surface area contributed by atoms with Gasteiger partial charge in [0.2, 0.25) is 0 Å². The lowest BCUT2D eigenvalue weighted by Crippen LogP contribution is -2.57. The van der Waals surface area contributed by atoms with Crippen molar-refractivity contribution in [3.05, 3.63) is 35.9 Å². The zero-order valence-corrected chi connectivity index (χ0v) is 12.6. The van der Waals surface area contributed by atoms with Crippen LogP contribution in [0.1, 0.15) is 39.2 Å². The van der Waals surface area contributed by atoms with Gasteiger partial charge in [0, 0.05) is 31.7 Å². The average molecular weight is 260 g/mol. The minimum absolute atomic E-state index is 0.650. The molecule has 1 N–H and O–H groups in total. The molecular weight excluding hydrogens is 232 g/mol. The average Bonchev–Trinajstić information content (AvgIpc) is 2.47. The van der Waals surface area contributed by atoms with Crippen LogP contribution in [0.25, 0.3) is 0 Å². The number of benzene rings is 1. The lowest BCUT2D eigenvalue weighted by molar-refractivity contribution is 0.0993. The molecule has 1 fully saturated rings. The molecule has 1 saturated heterocycles. The van der Waals surface area contributed by atoms with Gasteiger partial charge >= 0.3 is 0 Å². The van der Waals surface area contributed by atoms with Gasteiger partial charge in [0.15, 0.2) is 0 Å². The zero-order valence-electron chi connectivity index (χ0n) is 12.6. The molecule has 106 valence electrons. The van der Waals surface area contributed by atoms with Crippen molar-refractivity contribution in [3.8, 4) is 0 Å². The molecule has 0 radical (unpaired) electrons. The van der Waals surface area contributed by atoms with Crippen LogP contribution in [0.3, 0.4) is 0 Å². The van der Waals surface area contributed by atoms with Crippen LogP contribution in [0.4, 0.5) is 0 Å². The van der Waals surface area contributed by atoms with Crippen molar-refractivity contribution < 1.29 is 0 Å². The van der Waals surface area contributed by atoms with Crippen LogP contribution in [-0.2, 0) is 6.54 Å². The number of hydrogen-bond acceptors (Lipinski definition) is 2. The van der Waals surface area contributed by atoms with Gasteiger partial charge in [-0.2, -0.15) is 0 Å². The fourth-order valence-corrected chi connectivity index (χ4v) is 2.96. The SMILES string of the molecule is CCC(C)C1CN(Cc2ccccc2)C(CC)CN1. The minimum Gasteiger partial charge on any atom is -0.311 e. The van der Waals surface area contributed by atoms with E-state index in [0.717, 1.165) is 19.0 Å². The van der Waals surface area contributed by atoms with Gasteiger partial charge in [-0.05, 0) is 17.9 Å². The first kappa shape index (κ1) is 14.5. The summed E-state index contributed by atoms with van der Waals surface area (Å²) in [6.07, 6.45) is 2.49. The van der Waals surface area contributed by atoms with Gasteiger partial charge in [0.1, 0.15) is 0 Å². The molecule has 2 nitrogen and oxygen atoms in total. The molecule has 0 bridgehead atoms. The summed E-state index contributed by atoms with van der Waals surface area (Å²) in [5, 5.41) is 3.74. The molecule has 0 aromatic heterocycles. The fourth-order valence-electron chi connectivity index (χ4n) is 2.96. The van der Waals surface area contributed by atoms with Gasteiger partial charge in [-0.1, -0.05) is 57.5 Å². The lowest BCUT2D eigenvalue weighted by Gasteiger charge is -2.42. The molecule has 1 heterocycles. The summed E-state index contributed by atoms with van der Waals surface area (Å²) in [6, 6.07) is 12.2. The van der Waals surface area contributed by atoms with Crippen LogP contribution in [0.2, 0.25) is 0 Å². The fraction of sp³-hybridized carbons (Fsp3) is 0.647. The highest BCUT2D eigenvalue weighted by molar-refractivity contribution is 5.15. The topological polar surface area (TPSA) is 15.3 Å². The van der Waals surface area contributed by atoms with Crippen molar-refractivity contribution in [1.82, 2.24) is 10.2 Å². The maximum atomic E-state index is 3.74. The number of hydrogen-bond donors (Lipinski definition) is 1. The van der Waals surface area contributed by atoms with Gasteiger partial charge < -0.3 is 5.32 Å². The van der Waals surface area contributed by atoms with E-state index in [-0.39, 0.29) is 0 Å². The van der Waals surface area contributed by atoms with Gasteiger partial charge in [-0.25, -0.2) is 0 Å². The number of nitrogens with zero attached hydrogens (tertiary/aromatic N) is 1. The van der Waals surface area contributed by atoms with E-state index in [9.17, 15) is 0 Å². The predicted molar refractivity (Wildman–Crippen MR) is 82.2 cm³/mol. The second-order valence-electron chi connectivity index (χ2n) is 5.88. The number of rotatable bonds is 5. The predicted octanol–water partition coefficient (Wildman–Crippen LogP) is 3.29. The molecular formula is C17H28N2. The monoisotopic (exact) mass is 260 g/mol. The Kier molecular flexibility index (Phi) is 5.41. The molecule has 1 aliphatic rings. The van der Waals surface area contributed by atoms with Gasteiger partial charge in [-0.15, -0.1) is 0 Å². The molecule has 1 aromatic rings. The Morgan fingerprint density at radius 3 is 2.63 bits per heavy atom. The molecule has 1 aliphatic heterocycles. The minimum atomic E-state index is 0.650. The van der Waals surface area contributed by atoms with Crippen LogP contribution in [0, 0.1) is 5.92 Å². The summed E-state index contributed by atoms with van der Waals surface area (Å²) in [6.45, 7) is 10.4. The standard InChI is InChI=1S/C17H28N2/c1-4-14(3)17-13-19(16(5-2)11-18-17)12-15-9-7-6-8-10-15/h6-10,14,16-18H,4-5,11-13H2,1-3H3. The van der Waals surface area contributed by atoms with Crippen molar-refractivity contribution in [2.75, 3.05) is 13.1 Å². The van der Waals surface area contributed by atoms with Crippen LogP contribution in [-0.4, -0.2) is 30.1 Å². The molecule has 2 heteroatoms. The highest BCUT2D eigenvalue weighted by Crippen LogP contribution is 2.19. The van der Waals surface area contributed by atoms with E-state index in [4.69, 9.17) is 0 Å². The smallest absolute Gasteiger partial charge is 0.0237 e. The van der Waals surface area contributed by atoms with E-state index in [0.29, 0.717) is 12.1 Å². The maximum absolute atomic E-state index is 3.74. The van der Waals surface area contributed by atoms with Crippen molar-refractivity contribution in [2.24, 2.45) is 5.92 Å². The van der Waals surface area contributed by atoms with Crippen molar-refractivity contribution in [1.29, 1.82) is 0 Å². The third-order valence-corrected chi connectivity index (χ3v) is 4.59. The molecule has 0 amide bonds. The Morgan fingerprint density at radius 1 is 1.26 bits per heavy atom. The van der Waals surface area contributed by atoms with E-state index in [2.05, 4.69) is 61.3 Å². The first-order valence-corrected chi connectivity index (χ1v) is 7.76. The summed E-state index contributed by atoms with van der Waals surface area (Å²) in [7, 11) is 0. The van der Waals surface area contributed by atoms with E-state index in [1.807, 2.05) is 0 Å². The first-order valence-electron chi connectivity index (χ1n) is 7.76. The van der Waals surface area contributed by atoms with Crippen LogP contribution in [0.5, 0.6) is 0 Å². The summed E-state index contributed by atoms with van der Waals surface area (Å²) in [4.78, 5) is 2.67. The van der Waals surface area contributed by atoms with Crippen LogP contribution in [0.15, 0.2) is 30.3 Å². The summed E-state index contributed by atoms with van der Waals surface area (Å²) < 4.78 is 0. The lowest BCUT2D eigenvalue weighted by atomic mass is 9.94. The third kappa shape index (κ3) is 3.80. The van der Waals surface area contributed by atoms with Crippen LogP contribution >= 0.6 is 0 Å². The molecule has 0 spiro atoms. The quantitative estimate of drug-likeness (QED) is 0.874. The number of nitrogens with one attached hydrogen (secondary N) is 1. The Bertz CT molecular complexity index is 363. The molecule has 0 saturated carbocycles. The van der Waals surface area contributed by atoms with Crippen LogP contribution < -0.4 is 5.32 Å². The Balaban J connectivity index is 2.01. The Hall–Kier alpha value is -0.860. The van der Waals surface area contributed by atoms with Gasteiger partial charge in [0.05, 0.1) is 0 Å². The molecule has 3 atom stereocenters. The van der Waals surface area contributed by atoms with E-state index in [1.165, 1.54) is 24.9 Å². The first-order chi connectivity index (χ1) is 9.24. The maximum Gasteiger partial charge on any atom is 0.0237 e. The largest absolute Gasteiger partial charge is 0.311 e. The van der Waals surface area contributed by atoms with E-state index in [1.54, 1.807) is 0 Å². The Morgan fingerprint density at radius 2 is 2.00 bits per heavy atom. The molecule has 1 aromatic carbocycles. The van der Waals surface area contributed by atoms with Crippen molar-refractivity contribution >= 4 is 0 Å². The summed E-state index contributed by atoms with van der Waals surface area (Å²) in [5.41, 5.74) is 1.44. The molecule has 0 aliphatic carbocycles. The second kappa shape index (κ2) is 7.06. The second-order valence-corrected chi connectivity index (χ2v) is 5.88. The normalized spacial score (nSPS) is 26.3. The third-order valence-electron chi connectivity index (χ3n) is 4.59. The summed E-state index contributed by atoms with van der Waals surface area (Å²) >= 11 is 0. The molecule has 19 heavy (non-hydrogen) atoms. The highest BCUT2D eigenvalue weighted by Gasteiger charge is 2.28.